The van der Waals surface area contributed by atoms with Gasteiger partial charge in [-0.25, -0.2) is 0 Å². The molecule has 0 amide bonds. The Morgan fingerprint density at radius 3 is 1.94 bits per heavy atom. The molecular formula is C25H29F3O4S. The largest absolute Gasteiger partial charge is 0.480 e. The Morgan fingerprint density at radius 1 is 0.970 bits per heavy atom. The molecule has 2 aromatic rings. The monoisotopic (exact) mass is 482 g/mol. The Bertz CT molecular complexity index is 1010. The summed E-state index contributed by atoms with van der Waals surface area (Å²) in [6, 6.07) is 8.37. The first-order chi connectivity index (χ1) is 15.1. The molecule has 4 nitrogen and oxygen atoms in total. The van der Waals surface area contributed by atoms with E-state index in [-0.39, 0.29) is 12.8 Å². The lowest BCUT2D eigenvalue weighted by molar-refractivity contribution is -0.149. The molecule has 0 aliphatic carbocycles. The maximum absolute atomic E-state index is 13.2. The van der Waals surface area contributed by atoms with Gasteiger partial charge in [-0.15, -0.1) is 11.8 Å². The van der Waals surface area contributed by atoms with E-state index in [9.17, 15) is 33.0 Å². The van der Waals surface area contributed by atoms with E-state index in [1.165, 1.54) is 37.7 Å². The molecule has 0 aliphatic heterocycles. The van der Waals surface area contributed by atoms with Gasteiger partial charge in [0.2, 0.25) is 0 Å². The molecule has 0 heterocycles. The number of carboxylic acid groups (broad SMARTS) is 1. The first kappa shape index (κ1) is 26.9. The van der Waals surface area contributed by atoms with Gasteiger partial charge < -0.3 is 10.2 Å². The van der Waals surface area contributed by atoms with Crippen LogP contribution < -0.4 is 0 Å². The summed E-state index contributed by atoms with van der Waals surface area (Å²) < 4.78 is 38.0. The molecule has 2 aromatic carbocycles. The zero-order valence-corrected chi connectivity index (χ0v) is 20.2. The first-order valence-electron chi connectivity index (χ1n) is 10.5. The van der Waals surface area contributed by atoms with Gasteiger partial charge in [-0.3, -0.25) is 9.59 Å². The van der Waals surface area contributed by atoms with Gasteiger partial charge in [-0.1, -0.05) is 17.7 Å². The fourth-order valence-corrected chi connectivity index (χ4v) is 5.18. The van der Waals surface area contributed by atoms with E-state index in [0.717, 1.165) is 17.7 Å². The average Bonchev–Trinajstić information content (AvgIpc) is 2.65. The number of aliphatic hydroxyl groups is 1. The van der Waals surface area contributed by atoms with E-state index in [0.29, 0.717) is 27.3 Å². The van der Waals surface area contributed by atoms with Crippen LogP contribution in [0, 0.1) is 20.8 Å². The fraction of sp³-hybridized carbons (Fsp3) is 0.440. The highest BCUT2D eigenvalue weighted by atomic mass is 32.2. The number of hydrogen-bond donors (Lipinski definition) is 2. The smallest absolute Gasteiger partial charge is 0.416 e. The molecule has 2 atom stereocenters. The second-order valence-electron chi connectivity index (χ2n) is 8.92. The van der Waals surface area contributed by atoms with Crippen molar-refractivity contribution in [3.05, 3.63) is 64.2 Å². The second kappa shape index (κ2) is 9.89. The van der Waals surface area contributed by atoms with E-state index in [4.69, 9.17) is 0 Å². The number of aliphatic carboxylic acids is 1. The number of carbonyl (C=O) groups excluding carboxylic acids is 1. The maximum atomic E-state index is 13.2. The summed E-state index contributed by atoms with van der Waals surface area (Å²) >= 11 is 1.26. The molecule has 0 saturated heterocycles. The molecule has 0 fully saturated rings. The third kappa shape index (κ3) is 6.38. The van der Waals surface area contributed by atoms with Crippen molar-refractivity contribution in [2.75, 3.05) is 5.75 Å². The van der Waals surface area contributed by atoms with Gasteiger partial charge >= 0.3 is 12.1 Å². The van der Waals surface area contributed by atoms with E-state index in [1.54, 1.807) is 13.8 Å². The number of alkyl halides is 3. The third-order valence-corrected chi connectivity index (χ3v) is 6.81. The molecule has 2 N–H and O–H groups in total. The Labute approximate surface area is 196 Å². The minimum absolute atomic E-state index is 0.159. The van der Waals surface area contributed by atoms with Crippen molar-refractivity contribution in [1.29, 1.82) is 0 Å². The van der Waals surface area contributed by atoms with E-state index < -0.39 is 34.5 Å². The van der Waals surface area contributed by atoms with E-state index in [2.05, 4.69) is 0 Å². The Hall–Kier alpha value is -2.32. The number of carboxylic acids is 1. The van der Waals surface area contributed by atoms with Gasteiger partial charge in [0.05, 0.1) is 11.2 Å². The highest BCUT2D eigenvalue weighted by Crippen LogP contribution is 2.36. The zero-order chi connectivity index (χ0) is 25.2. The average molecular weight is 483 g/mol. The summed E-state index contributed by atoms with van der Waals surface area (Å²) in [7, 11) is 0. The topological polar surface area (TPSA) is 74.6 Å². The number of hydrogen-bond acceptors (Lipinski definition) is 4. The number of carbonyl (C=O) groups is 2. The normalized spacial score (nSPS) is 15.5. The standard InChI is InChI=1S/C25H29F3O4S/c1-15-12-16(2)21(17(3)13-15)24(5,22(30)31)20(29)14-23(4,32)10-11-33-19-8-6-18(7-9-19)25(26,27)28/h6-9,12-13,32H,10-11,14H2,1-5H3,(H,30,31). The number of thioether (sulfide) groups is 1. The highest BCUT2D eigenvalue weighted by Gasteiger charge is 2.46. The van der Waals surface area contributed by atoms with Crippen molar-refractivity contribution in [2.45, 2.75) is 69.5 Å². The van der Waals surface area contributed by atoms with Crippen molar-refractivity contribution < 1.29 is 33.0 Å². The van der Waals surface area contributed by atoms with Crippen LogP contribution in [-0.2, 0) is 21.2 Å². The van der Waals surface area contributed by atoms with Crippen LogP contribution >= 0.6 is 11.8 Å². The van der Waals surface area contributed by atoms with Gasteiger partial charge in [0.25, 0.3) is 0 Å². The van der Waals surface area contributed by atoms with Crippen molar-refractivity contribution in [1.82, 2.24) is 0 Å². The molecule has 0 saturated carbocycles. The molecule has 8 heteroatoms. The van der Waals surface area contributed by atoms with Crippen molar-refractivity contribution in [2.24, 2.45) is 0 Å². The molecule has 33 heavy (non-hydrogen) atoms. The van der Waals surface area contributed by atoms with Crippen LogP contribution in [0.2, 0.25) is 0 Å². The van der Waals surface area contributed by atoms with Gasteiger partial charge in [0.1, 0.15) is 5.41 Å². The summed E-state index contributed by atoms with van der Waals surface area (Å²) in [5, 5.41) is 20.8. The number of Topliss-reactive ketones (excluding diaryl/α,β-unsaturated/α-hetero) is 1. The van der Waals surface area contributed by atoms with Crippen LogP contribution in [0.25, 0.3) is 0 Å². The summed E-state index contributed by atoms with van der Waals surface area (Å²) in [5.41, 5.74) is -1.24. The summed E-state index contributed by atoms with van der Waals surface area (Å²) in [4.78, 5) is 26.1. The van der Waals surface area contributed by atoms with E-state index >= 15 is 0 Å². The lowest BCUT2D eigenvalue weighted by atomic mass is 9.71. The number of benzene rings is 2. The third-order valence-electron chi connectivity index (χ3n) is 5.79. The van der Waals surface area contributed by atoms with Crippen LogP contribution in [0.1, 0.15) is 54.5 Å². The van der Waals surface area contributed by atoms with Crippen LogP contribution in [0.5, 0.6) is 0 Å². The molecule has 0 bridgehead atoms. The SMILES string of the molecule is Cc1cc(C)c(C(C)(C(=O)O)C(=O)CC(C)(O)CCSc2ccc(C(F)(F)F)cc2)c(C)c1. The summed E-state index contributed by atoms with van der Waals surface area (Å²) in [5.74, 6) is -1.54. The molecule has 2 rings (SSSR count). The van der Waals surface area contributed by atoms with Crippen LogP contribution in [0.3, 0.4) is 0 Å². The van der Waals surface area contributed by atoms with E-state index in [1.807, 2.05) is 19.1 Å². The molecule has 0 spiro atoms. The quantitative estimate of drug-likeness (QED) is 0.346. The van der Waals surface area contributed by atoms with Crippen molar-refractivity contribution in [3.63, 3.8) is 0 Å². The lowest BCUT2D eigenvalue weighted by Gasteiger charge is -2.31. The minimum atomic E-state index is -4.40. The van der Waals surface area contributed by atoms with Gasteiger partial charge in [-0.05, 0) is 82.0 Å². The Morgan fingerprint density at radius 2 is 1.48 bits per heavy atom. The Balaban J connectivity index is 2.12. The van der Waals surface area contributed by atoms with Gasteiger partial charge in [0, 0.05) is 17.1 Å². The molecule has 0 aliphatic rings. The predicted molar refractivity (Wildman–Crippen MR) is 123 cm³/mol. The second-order valence-corrected chi connectivity index (χ2v) is 10.1. The molecule has 180 valence electrons. The Kier molecular flexibility index (Phi) is 8.07. The zero-order valence-electron chi connectivity index (χ0n) is 19.3. The number of aryl methyl sites for hydroxylation is 3. The van der Waals surface area contributed by atoms with Crippen LogP contribution in [0.15, 0.2) is 41.3 Å². The number of halogens is 3. The molecule has 0 aromatic heterocycles. The van der Waals surface area contributed by atoms with Gasteiger partial charge in [-0.2, -0.15) is 13.2 Å². The van der Waals surface area contributed by atoms with Crippen molar-refractivity contribution in [3.8, 4) is 0 Å². The summed E-state index contributed by atoms with van der Waals surface area (Å²) in [6.45, 7) is 8.26. The first-order valence-corrected chi connectivity index (χ1v) is 11.4. The molecule has 2 unspecified atom stereocenters. The van der Waals surface area contributed by atoms with Crippen LogP contribution in [-0.4, -0.2) is 33.3 Å². The summed E-state index contributed by atoms with van der Waals surface area (Å²) in [6.07, 6.45) is -4.61. The predicted octanol–water partition coefficient (Wildman–Crippen LogP) is 5.87. The van der Waals surface area contributed by atoms with Gasteiger partial charge in [0.15, 0.2) is 5.78 Å². The number of rotatable bonds is 9. The number of ketones is 1. The maximum Gasteiger partial charge on any atom is 0.416 e. The fourth-order valence-electron chi connectivity index (χ4n) is 4.07. The molecule has 0 radical (unpaired) electrons. The van der Waals surface area contributed by atoms with Crippen LogP contribution in [0.4, 0.5) is 13.2 Å². The lowest BCUT2D eigenvalue weighted by Crippen LogP contribution is -2.45. The highest BCUT2D eigenvalue weighted by molar-refractivity contribution is 7.99. The van der Waals surface area contributed by atoms with Crippen molar-refractivity contribution >= 4 is 23.5 Å². The minimum Gasteiger partial charge on any atom is -0.480 e. The molecular weight excluding hydrogens is 453 g/mol.